The molecule has 0 amide bonds. The first-order chi connectivity index (χ1) is 9.74. The maximum Gasteiger partial charge on any atom is 0.122 e. The number of hydrogen-bond acceptors (Lipinski definition) is 3. The molecule has 1 saturated carbocycles. The summed E-state index contributed by atoms with van der Waals surface area (Å²) in [4.78, 5) is 0. The summed E-state index contributed by atoms with van der Waals surface area (Å²) in [5, 5.41) is 4.15. The fourth-order valence-corrected chi connectivity index (χ4v) is 4.09. The van der Waals surface area contributed by atoms with Gasteiger partial charge in [0.05, 0.1) is 7.11 Å². The van der Waals surface area contributed by atoms with Crippen LogP contribution in [0.5, 0.6) is 5.75 Å². The van der Waals surface area contributed by atoms with Crippen LogP contribution >= 0.6 is 11.8 Å². The first-order valence-corrected chi connectivity index (χ1v) is 8.75. The lowest BCUT2D eigenvalue weighted by atomic mass is 10.0. The second-order valence-corrected chi connectivity index (χ2v) is 6.94. The van der Waals surface area contributed by atoms with Crippen LogP contribution in [0.2, 0.25) is 0 Å². The zero-order chi connectivity index (χ0) is 14.4. The first kappa shape index (κ1) is 15.7. The average molecular weight is 293 g/mol. The van der Waals surface area contributed by atoms with Crippen molar-refractivity contribution in [2.45, 2.75) is 56.1 Å². The molecule has 0 spiro atoms. The number of rotatable bonds is 6. The Bertz CT molecular complexity index is 415. The van der Waals surface area contributed by atoms with Gasteiger partial charge in [-0.25, -0.2) is 0 Å². The number of benzene rings is 1. The molecule has 1 aromatic rings. The van der Waals surface area contributed by atoms with Crippen molar-refractivity contribution in [3.8, 4) is 5.75 Å². The molecule has 2 nitrogen and oxygen atoms in total. The Balaban J connectivity index is 2.03. The second-order valence-electron chi connectivity index (χ2n) is 5.65. The third-order valence-corrected chi connectivity index (χ3v) is 5.68. The molecule has 1 N–H and O–H groups in total. The Kier molecular flexibility index (Phi) is 6.24. The van der Waals surface area contributed by atoms with Crippen molar-refractivity contribution in [3.05, 3.63) is 29.3 Å². The quantitative estimate of drug-likeness (QED) is 0.832. The average Bonchev–Trinajstić information content (AvgIpc) is 2.52. The number of hydrogen-bond donors (Lipinski definition) is 1. The summed E-state index contributed by atoms with van der Waals surface area (Å²) in [5.41, 5.74) is 2.68. The van der Waals surface area contributed by atoms with Crippen molar-refractivity contribution in [3.63, 3.8) is 0 Å². The van der Waals surface area contributed by atoms with Gasteiger partial charge in [0, 0.05) is 22.6 Å². The van der Waals surface area contributed by atoms with Crippen LogP contribution in [0.1, 0.15) is 56.2 Å². The van der Waals surface area contributed by atoms with E-state index in [1.807, 2.05) is 7.05 Å². The van der Waals surface area contributed by atoms with Crippen molar-refractivity contribution < 1.29 is 4.74 Å². The van der Waals surface area contributed by atoms with Gasteiger partial charge < -0.3 is 10.1 Å². The Labute approximate surface area is 127 Å². The van der Waals surface area contributed by atoms with Crippen molar-refractivity contribution in [2.75, 3.05) is 14.2 Å². The topological polar surface area (TPSA) is 21.3 Å². The molecule has 1 unspecified atom stereocenters. The minimum absolute atomic E-state index is 0.388. The molecule has 0 aliphatic heterocycles. The van der Waals surface area contributed by atoms with Gasteiger partial charge in [0.15, 0.2) is 0 Å². The molecular formula is C17H27NOS. The molecule has 0 bridgehead atoms. The summed E-state index contributed by atoms with van der Waals surface area (Å²) in [5.74, 6) is 2.10. The van der Waals surface area contributed by atoms with Crippen molar-refractivity contribution >= 4 is 11.8 Å². The van der Waals surface area contributed by atoms with Crippen LogP contribution in [0, 0.1) is 0 Å². The highest BCUT2D eigenvalue weighted by Crippen LogP contribution is 2.33. The molecule has 0 heterocycles. The van der Waals surface area contributed by atoms with Gasteiger partial charge in [-0.2, -0.15) is 11.8 Å². The summed E-state index contributed by atoms with van der Waals surface area (Å²) >= 11 is 2.11. The van der Waals surface area contributed by atoms with E-state index in [9.17, 15) is 0 Å². The van der Waals surface area contributed by atoms with Gasteiger partial charge in [0.2, 0.25) is 0 Å². The third kappa shape index (κ3) is 4.16. The van der Waals surface area contributed by atoms with E-state index in [1.54, 1.807) is 7.11 Å². The van der Waals surface area contributed by atoms with E-state index in [0.29, 0.717) is 6.04 Å². The maximum atomic E-state index is 5.52. The van der Waals surface area contributed by atoms with E-state index < -0.39 is 0 Å². The van der Waals surface area contributed by atoms with Crippen LogP contribution < -0.4 is 10.1 Å². The van der Waals surface area contributed by atoms with Crippen molar-refractivity contribution in [1.29, 1.82) is 0 Å². The largest absolute Gasteiger partial charge is 0.496 e. The Morgan fingerprint density at radius 2 is 2.05 bits per heavy atom. The van der Waals surface area contributed by atoms with Crippen LogP contribution in [0.3, 0.4) is 0 Å². The van der Waals surface area contributed by atoms with E-state index in [4.69, 9.17) is 4.74 Å². The van der Waals surface area contributed by atoms with E-state index >= 15 is 0 Å². The summed E-state index contributed by atoms with van der Waals surface area (Å²) in [6.07, 6.45) is 7.02. The van der Waals surface area contributed by atoms with E-state index in [-0.39, 0.29) is 0 Å². The lowest BCUT2D eigenvalue weighted by Gasteiger charge is -2.22. The molecule has 1 fully saturated rings. The molecular weight excluding hydrogens is 266 g/mol. The van der Waals surface area contributed by atoms with E-state index in [0.717, 1.165) is 16.8 Å². The molecule has 1 atom stereocenters. The van der Waals surface area contributed by atoms with Crippen molar-refractivity contribution in [1.82, 2.24) is 5.32 Å². The predicted octanol–water partition coefficient (Wildman–Crippen LogP) is 4.54. The monoisotopic (exact) mass is 293 g/mol. The SMILES string of the molecule is CNC(C)c1ccc(OC)c(CSC2CCCCC2)c1. The number of thioether (sulfide) groups is 1. The fraction of sp³-hybridized carbons (Fsp3) is 0.647. The molecule has 3 heteroatoms. The molecule has 1 aliphatic carbocycles. The zero-order valence-corrected chi connectivity index (χ0v) is 13.8. The van der Waals surface area contributed by atoms with Gasteiger partial charge >= 0.3 is 0 Å². The normalized spacial score (nSPS) is 17.9. The highest BCUT2D eigenvalue weighted by atomic mass is 32.2. The molecule has 0 radical (unpaired) electrons. The van der Waals surface area contributed by atoms with E-state index in [1.165, 1.54) is 43.2 Å². The van der Waals surface area contributed by atoms with Gasteiger partial charge in [-0.05, 0) is 44.5 Å². The third-order valence-electron chi connectivity index (χ3n) is 4.26. The fourth-order valence-electron chi connectivity index (χ4n) is 2.79. The maximum absolute atomic E-state index is 5.52. The smallest absolute Gasteiger partial charge is 0.122 e. The van der Waals surface area contributed by atoms with Gasteiger partial charge in [0.1, 0.15) is 5.75 Å². The van der Waals surface area contributed by atoms with Crippen LogP contribution in [-0.4, -0.2) is 19.4 Å². The molecule has 1 aromatic carbocycles. The van der Waals surface area contributed by atoms with E-state index in [2.05, 4.69) is 42.2 Å². The van der Waals surface area contributed by atoms with Crippen LogP contribution in [0.4, 0.5) is 0 Å². The van der Waals surface area contributed by atoms with Gasteiger partial charge in [-0.1, -0.05) is 25.3 Å². The lowest BCUT2D eigenvalue weighted by molar-refractivity contribution is 0.411. The van der Waals surface area contributed by atoms with Crippen molar-refractivity contribution in [2.24, 2.45) is 0 Å². The molecule has 2 rings (SSSR count). The number of nitrogens with one attached hydrogen (secondary N) is 1. The molecule has 0 saturated heterocycles. The van der Waals surface area contributed by atoms with Crippen LogP contribution in [-0.2, 0) is 5.75 Å². The van der Waals surface area contributed by atoms with Gasteiger partial charge in [0.25, 0.3) is 0 Å². The Morgan fingerprint density at radius 1 is 1.30 bits per heavy atom. The zero-order valence-electron chi connectivity index (χ0n) is 12.9. The van der Waals surface area contributed by atoms with Crippen LogP contribution in [0.15, 0.2) is 18.2 Å². The summed E-state index contributed by atoms with van der Waals surface area (Å²) in [6.45, 7) is 2.19. The highest BCUT2D eigenvalue weighted by molar-refractivity contribution is 7.99. The first-order valence-electron chi connectivity index (χ1n) is 7.70. The summed E-state index contributed by atoms with van der Waals surface area (Å²) < 4.78 is 5.52. The molecule has 20 heavy (non-hydrogen) atoms. The summed E-state index contributed by atoms with van der Waals surface area (Å²) in [7, 11) is 3.77. The van der Waals surface area contributed by atoms with Crippen LogP contribution in [0.25, 0.3) is 0 Å². The molecule has 112 valence electrons. The second kappa shape index (κ2) is 7.94. The predicted molar refractivity (Wildman–Crippen MR) is 88.6 cm³/mol. The molecule has 0 aromatic heterocycles. The highest BCUT2D eigenvalue weighted by Gasteiger charge is 2.15. The number of ether oxygens (including phenoxy) is 1. The molecule has 1 aliphatic rings. The van der Waals surface area contributed by atoms with Gasteiger partial charge in [-0.3, -0.25) is 0 Å². The number of methoxy groups -OCH3 is 1. The Hall–Kier alpha value is -0.670. The standard InChI is InChI=1S/C17H27NOS/c1-13(18-2)14-9-10-17(19-3)15(11-14)12-20-16-7-5-4-6-8-16/h9-11,13,16,18H,4-8,12H2,1-3H3. The Morgan fingerprint density at radius 3 is 2.70 bits per heavy atom. The van der Waals surface area contributed by atoms with Gasteiger partial charge in [-0.15, -0.1) is 0 Å². The minimum atomic E-state index is 0.388. The summed E-state index contributed by atoms with van der Waals surface area (Å²) in [6, 6.07) is 6.96. The minimum Gasteiger partial charge on any atom is -0.496 e. The lowest BCUT2D eigenvalue weighted by Crippen LogP contribution is -2.13.